The molecule has 0 bridgehead atoms. The summed E-state index contributed by atoms with van der Waals surface area (Å²) in [5.41, 5.74) is 4.43. The highest BCUT2D eigenvalue weighted by atomic mass is 15.1. The van der Waals surface area contributed by atoms with Crippen molar-refractivity contribution in [3.63, 3.8) is 0 Å². The SMILES string of the molecule is C1=CCN(c2ccc3c(c2)CCC3)C=C1. The van der Waals surface area contributed by atoms with E-state index in [0.29, 0.717) is 0 Å². The molecule has 0 saturated heterocycles. The van der Waals surface area contributed by atoms with Crippen LogP contribution in [0.4, 0.5) is 5.69 Å². The molecule has 0 N–H and O–H groups in total. The summed E-state index contributed by atoms with van der Waals surface area (Å²) in [6.07, 6.45) is 12.4. The summed E-state index contributed by atoms with van der Waals surface area (Å²) in [4.78, 5) is 2.29. The van der Waals surface area contributed by atoms with Crippen molar-refractivity contribution in [1.29, 1.82) is 0 Å². The van der Waals surface area contributed by atoms with E-state index in [4.69, 9.17) is 0 Å². The third kappa shape index (κ3) is 1.58. The van der Waals surface area contributed by atoms with E-state index >= 15 is 0 Å². The first-order valence-electron chi connectivity index (χ1n) is 5.65. The van der Waals surface area contributed by atoms with E-state index in [1.165, 1.54) is 24.9 Å². The van der Waals surface area contributed by atoms with Crippen LogP contribution >= 0.6 is 0 Å². The molecule has 0 saturated carbocycles. The van der Waals surface area contributed by atoms with Gasteiger partial charge in [0.25, 0.3) is 0 Å². The van der Waals surface area contributed by atoms with E-state index in [1.54, 1.807) is 11.1 Å². The fraction of sp³-hybridized carbons (Fsp3) is 0.286. The van der Waals surface area contributed by atoms with Gasteiger partial charge < -0.3 is 4.90 Å². The van der Waals surface area contributed by atoms with Gasteiger partial charge in [-0.3, -0.25) is 0 Å². The summed E-state index contributed by atoms with van der Waals surface area (Å²) < 4.78 is 0. The van der Waals surface area contributed by atoms with E-state index in [9.17, 15) is 0 Å². The average molecular weight is 197 g/mol. The molecule has 0 radical (unpaired) electrons. The molecule has 3 rings (SSSR count). The Balaban J connectivity index is 1.92. The lowest BCUT2D eigenvalue weighted by Crippen LogP contribution is -2.17. The molecule has 76 valence electrons. The Morgan fingerprint density at radius 3 is 2.80 bits per heavy atom. The maximum atomic E-state index is 2.35. The zero-order valence-corrected chi connectivity index (χ0v) is 8.82. The minimum atomic E-state index is 0.995. The largest absolute Gasteiger partial charge is 0.344 e. The van der Waals surface area contributed by atoms with Crippen LogP contribution in [0.3, 0.4) is 0 Å². The second kappa shape index (κ2) is 3.58. The second-order valence-corrected chi connectivity index (χ2v) is 4.23. The van der Waals surface area contributed by atoms with Crippen molar-refractivity contribution in [1.82, 2.24) is 0 Å². The Morgan fingerprint density at radius 2 is 1.93 bits per heavy atom. The highest BCUT2D eigenvalue weighted by Crippen LogP contribution is 2.27. The van der Waals surface area contributed by atoms with Crippen molar-refractivity contribution < 1.29 is 0 Å². The Bertz CT molecular complexity index is 429. The van der Waals surface area contributed by atoms with Gasteiger partial charge in [-0.1, -0.05) is 18.2 Å². The molecule has 0 amide bonds. The van der Waals surface area contributed by atoms with Gasteiger partial charge in [0, 0.05) is 18.4 Å². The highest BCUT2D eigenvalue weighted by Gasteiger charge is 2.12. The molecule has 0 spiro atoms. The van der Waals surface area contributed by atoms with Gasteiger partial charge in [-0.25, -0.2) is 0 Å². The summed E-state index contributed by atoms with van der Waals surface area (Å²) in [7, 11) is 0. The van der Waals surface area contributed by atoms with Gasteiger partial charge in [-0.05, 0) is 48.6 Å². The van der Waals surface area contributed by atoms with Gasteiger partial charge in [0.2, 0.25) is 0 Å². The molecule has 1 aromatic rings. The van der Waals surface area contributed by atoms with Gasteiger partial charge >= 0.3 is 0 Å². The second-order valence-electron chi connectivity index (χ2n) is 4.23. The number of aryl methyl sites for hydroxylation is 2. The maximum absolute atomic E-state index is 2.35. The fourth-order valence-corrected chi connectivity index (χ4v) is 2.40. The number of anilines is 1. The molecule has 0 aromatic heterocycles. The van der Waals surface area contributed by atoms with E-state index in [2.05, 4.69) is 47.5 Å². The number of rotatable bonds is 1. The van der Waals surface area contributed by atoms with Crippen molar-refractivity contribution in [3.05, 3.63) is 53.8 Å². The van der Waals surface area contributed by atoms with Crippen LogP contribution in [-0.2, 0) is 12.8 Å². The Hall–Kier alpha value is -1.50. The molecule has 0 unspecified atom stereocenters. The predicted octanol–water partition coefficient (Wildman–Crippen LogP) is 3.07. The lowest BCUT2D eigenvalue weighted by molar-refractivity contribution is 0.911. The molecule has 1 nitrogen and oxygen atoms in total. The third-order valence-electron chi connectivity index (χ3n) is 3.23. The fourth-order valence-electron chi connectivity index (χ4n) is 2.40. The van der Waals surface area contributed by atoms with E-state index < -0.39 is 0 Å². The topological polar surface area (TPSA) is 3.24 Å². The number of allylic oxidation sites excluding steroid dienone is 2. The van der Waals surface area contributed by atoms with Crippen LogP contribution in [-0.4, -0.2) is 6.54 Å². The number of benzene rings is 1. The van der Waals surface area contributed by atoms with Gasteiger partial charge in [0.1, 0.15) is 0 Å². The number of hydrogen-bond donors (Lipinski definition) is 0. The molecule has 2 aliphatic rings. The summed E-state index contributed by atoms with van der Waals surface area (Å²) >= 11 is 0. The van der Waals surface area contributed by atoms with Crippen LogP contribution in [0.25, 0.3) is 0 Å². The molecule has 1 aliphatic heterocycles. The average Bonchev–Trinajstić information content (AvgIpc) is 2.77. The molecule has 1 aliphatic carbocycles. The van der Waals surface area contributed by atoms with Crippen molar-refractivity contribution in [2.45, 2.75) is 19.3 Å². The monoisotopic (exact) mass is 197 g/mol. The zero-order chi connectivity index (χ0) is 10.1. The highest BCUT2D eigenvalue weighted by molar-refractivity contribution is 5.55. The lowest BCUT2D eigenvalue weighted by atomic mass is 10.1. The maximum Gasteiger partial charge on any atom is 0.0412 e. The summed E-state index contributed by atoms with van der Waals surface area (Å²) in [5, 5.41) is 0. The lowest BCUT2D eigenvalue weighted by Gasteiger charge is -2.21. The van der Waals surface area contributed by atoms with E-state index in [0.717, 1.165) is 6.54 Å². The quantitative estimate of drug-likeness (QED) is 0.668. The first-order chi connectivity index (χ1) is 7.43. The van der Waals surface area contributed by atoms with Gasteiger partial charge in [0.15, 0.2) is 0 Å². The number of nitrogens with zero attached hydrogens (tertiary/aromatic N) is 1. The smallest absolute Gasteiger partial charge is 0.0412 e. The molecule has 1 heterocycles. The zero-order valence-electron chi connectivity index (χ0n) is 8.82. The third-order valence-corrected chi connectivity index (χ3v) is 3.23. The Kier molecular flexibility index (Phi) is 2.09. The van der Waals surface area contributed by atoms with E-state index in [1.807, 2.05) is 0 Å². The normalized spacial score (nSPS) is 18.3. The van der Waals surface area contributed by atoms with Crippen molar-refractivity contribution in [3.8, 4) is 0 Å². The number of fused-ring (bicyclic) bond motifs is 1. The van der Waals surface area contributed by atoms with Crippen LogP contribution in [0.15, 0.2) is 42.6 Å². The number of hydrogen-bond acceptors (Lipinski definition) is 1. The van der Waals surface area contributed by atoms with Gasteiger partial charge in [0.05, 0.1) is 0 Å². The Labute approximate surface area is 90.7 Å². The van der Waals surface area contributed by atoms with Crippen molar-refractivity contribution >= 4 is 5.69 Å². The van der Waals surface area contributed by atoms with Crippen LogP contribution in [0.2, 0.25) is 0 Å². The first-order valence-corrected chi connectivity index (χ1v) is 5.65. The van der Waals surface area contributed by atoms with Gasteiger partial charge in [-0.15, -0.1) is 0 Å². The van der Waals surface area contributed by atoms with Crippen LogP contribution in [0.1, 0.15) is 17.5 Å². The molecule has 0 fully saturated rings. The molecule has 1 heteroatoms. The molecular formula is C14H15N. The van der Waals surface area contributed by atoms with Crippen LogP contribution in [0.5, 0.6) is 0 Å². The summed E-state index contributed by atoms with van der Waals surface area (Å²) in [6.45, 7) is 0.995. The summed E-state index contributed by atoms with van der Waals surface area (Å²) in [6, 6.07) is 6.89. The van der Waals surface area contributed by atoms with Crippen LogP contribution < -0.4 is 4.90 Å². The molecular weight excluding hydrogens is 182 g/mol. The van der Waals surface area contributed by atoms with Crippen LogP contribution in [0, 0.1) is 0 Å². The molecule has 1 aromatic carbocycles. The minimum Gasteiger partial charge on any atom is -0.344 e. The first kappa shape index (κ1) is 8.78. The molecule has 15 heavy (non-hydrogen) atoms. The van der Waals surface area contributed by atoms with Crippen molar-refractivity contribution in [2.24, 2.45) is 0 Å². The standard InChI is InChI=1S/C14H15N/c1-2-9-15(10-3-1)14-8-7-12-5-4-6-13(12)11-14/h1-3,7-9,11H,4-6,10H2. The van der Waals surface area contributed by atoms with E-state index in [-0.39, 0.29) is 0 Å². The predicted molar refractivity (Wildman–Crippen MR) is 64.1 cm³/mol. The van der Waals surface area contributed by atoms with Crippen molar-refractivity contribution in [2.75, 3.05) is 11.4 Å². The minimum absolute atomic E-state index is 0.995. The summed E-state index contributed by atoms with van der Waals surface area (Å²) in [5.74, 6) is 0. The Morgan fingerprint density at radius 1 is 1.00 bits per heavy atom. The van der Waals surface area contributed by atoms with Gasteiger partial charge in [-0.2, -0.15) is 0 Å². The molecule has 0 atom stereocenters.